The number of nitrogens with two attached hydrogens (primary N) is 1. The van der Waals surface area contributed by atoms with Crippen molar-refractivity contribution < 1.29 is 4.79 Å². The average Bonchev–Trinajstić information content (AvgIpc) is 2.62. The molecule has 1 aromatic heterocycles. The summed E-state index contributed by atoms with van der Waals surface area (Å²) in [7, 11) is 2.04. The third-order valence-corrected chi connectivity index (χ3v) is 3.98. The van der Waals surface area contributed by atoms with Crippen molar-refractivity contribution >= 4 is 5.91 Å². The number of carbonyl (C=O) groups is 1. The predicted molar refractivity (Wildman–Crippen MR) is 71.8 cm³/mol. The number of rotatable bonds is 4. The van der Waals surface area contributed by atoms with Crippen LogP contribution in [0.5, 0.6) is 0 Å². The maximum Gasteiger partial charge on any atom is 0.222 e. The molecule has 1 aliphatic rings. The Kier molecular flexibility index (Phi) is 4.42. The molecule has 0 saturated heterocycles. The number of amides is 1. The number of nitrogens with one attached hydrogen (secondary N) is 1. The number of hydrogen-bond acceptors (Lipinski definition) is 2. The lowest BCUT2D eigenvalue weighted by Crippen LogP contribution is -2.42. The van der Waals surface area contributed by atoms with Gasteiger partial charge in [0.15, 0.2) is 0 Å². The van der Waals surface area contributed by atoms with Crippen molar-refractivity contribution in [2.24, 2.45) is 18.7 Å². The molecule has 4 heteroatoms. The normalized spacial score (nSPS) is 24.7. The lowest BCUT2D eigenvalue weighted by atomic mass is 9.94. The van der Waals surface area contributed by atoms with Crippen LogP contribution in [0.2, 0.25) is 0 Å². The smallest absolute Gasteiger partial charge is 0.222 e. The zero-order valence-electron chi connectivity index (χ0n) is 11.1. The minimum atomic E-state index is -0.152. The van der Waals surface area contributed by atoms with E-state index in [4.69, 9.17) is 5.73 Å². The SMILES string of the molecule is Cn1cccc1CN[C@H]1CCCCC[C@H]1C(N)=O. The number of aromatic nitrogens is 1. The average molecular weight is 249 g/mol. The van der Waals surface area contributed by atoms with E-state index in [1.165, 1.54) is 18.5 Å². The van der Waals surface area contributed by atoms with Crippen molar-refractivity contribution in [3.63, 3.8) is 0 Å². The van der Waals surface area contributed by atoms with Gasteiger partial charge in [0.1, 0.15) is 0 Å². The summed E-state index contributed by atoms with van der Waals surface area (Å²) in [6.07, 6.45) is 7.55. The van der Waals surface area contributed by atoms with E-state index in [-0.39, 0.29) is 17.9 Å². The summed E-state index contributed by atoms with van der Waals surface area (Å²) in [4.78, 5) is 11.5. The quantitative estimate of drug-likeness (QED) is 0.795. The number of hydrogen-bond donors (Lipinski definition) is 2. The number of aryl methyl sites for hydroxylation is 1. The second kappa shape index (κ2) is 6.05. The Bertz CT molecular complexity index is 399. The molecule has 1 aliphatic carbocycles. The molecule has 0 aromatic carbocycles. The third kappa shape index (κ3) is 3.13. The fourth-order valence-electron chi connectivity index (χ4n) is 2.81. The van der Waals surface area contributed by atoms with Crippen molar-refractivity contribution in [2.75, 3.05) is 0 Å². The standard InChI is InChI=1S/C14H23N3O/c1-17-9-5-6-11(17)10-16-13-8-4-2-3-7-12(13)14(15)18/h5-6,9,12-13,16H,2-4,7-8,10H2,1H3,(H2,15,18)/t12-,13+/m1/s1. The van der Waals surface area contributed by atoms with E-state index in [1.54, 1.807) is 0 Å². The molecule has 1 fully saturated rings. The van der Waals surface area contributed by atoms with Gasteiger partial charge in [0.2, 0.25) is 5.91 Å². The van der Waals surface area contributed by atoms with E-state index >= 15 is 0 Å². The van der Waals surface area contributed by atoms with Gasteiger partial charge in [0, 0.05) is 31.5 Å². The van der Waals surface area contributed by atoms with Gasteiger partial charge in [0.05, 0.1) is 5.92 Å². The second-order valence-electron chi connectivity index (χ2n) is 5.24. The van der Waals surface area contributed by atoms with E-state index in [9.17, 15) is 4.79 Å². The van der Waals surface area contributed by atoms with E-state index in [0.717, 1.165) is 25.8 Å². The van der Waals surface area contributed by atoms with E-state index < -0.39 is 0 Å². The van der Waals surface area contributed by atoms with Crippen LogP contribution in [0.1, 0.15) is 37.8 Å². The van der Waals surface area contributed by atoms with Crippen LogP contribution in [0.4, 0.5) is 0 Å². The molecule has 100 valence electrons. The minimum absolute atomic E-state index is 0.00670. The summed E-state index contributed by atoms with van der Waals surface area (Å²) in [5.74, 6) is -0.158. The topological polar surface area (TPSA) is 60.1 Å². The highest BCUT2D eigenvalue weighted by molar-refractivity contribution is 5.77. The summed E-state index contributed by atoms with van der Waals surface area (Å²) in [5, 5.41) is 3.51. The van der Waals surface area contributed by atoms with Gasteiger partial charge < -0.3 is 15.6 Å². The number of nitrogens with zero attached hydrogens (tertiary/aromatic N) is 1. The van der Waals surface area contributed by atoms with Gasteiger partial charge in [-0.05, 0) is 25.0 Å². The molecule has 1 heterocycles. The van der Waals surface area contributed by atoms with E-state index in [1.807, 2.05) is 19.3 Å². The summed E-state index contributed by atoms with van der Waals surface area (Å²) in [6.45, 7) is 0.804. The Morgan fingerprint density at radius 2 is 2.22 bits per heavy atom. The highest BCUT2D eigenvalue weighted by Gasteiger charge is 2.27. The molecule has 0 aliphatic heterocycles. The van der Waals surface area contributed by atoms with Gasteiger partial charge in [0.25, 0.3) is 0 Å². The first-order valence-electron chi connectivity index (χ1n) is 6.81. The molecule has 1 aromatic rings. The van der Waals surface area contributed by atoms with Crippen molar-refractivity contribution in [1.29, 1.82) is 0 Å². The highest BCUT2D eigenvalue weighted by atomic mass is 16.1. The summed E-state index contributed by atoms with van der Waals surface area (Å²) < 4.78 is 2.10. The van der Waals surface area contributed by atoms with Gasteiger partial charge in [-0.15, -0.1) is 0 Å². The van der Waals surface area contributed by atoms with Gasteiger partial charge >= 0.3 is 0 Å². The van der Waals surface area contributed by atoms with Crippen LogP contribution in [0.15, 0.2) is 18.3 Å². The molecule has 0 bridgehead atoms. The molecule has 0 spiro atoms. The van der Waals surface area contributed by atoms with Gasteiger partial charge in [-0.1, -0.05) is 19.3 Å². The Labute approximate surface area is 109 Å². The van der Waals surface area contributed by atoms with Gasteiger partial charge in [-0.25, -0.2) is 0 Å². The molecule has 2 rings (SSSR count). The largest absolute Gasteiger partial charge is 0.369 e. The van der Waals surface area contributed by atoms with Crippen molar-refractivity contribution in [3.8, 4) is 0 Å². The zero-order valence-corrected chi connectivity index (χ0v) is 11.1. The van der Waals surface area contributed by atoms with Crippen LogP contribution in [-0.4, -0.2) is 16.5 Å². The van der Waals surface area contributed by atoms with Gasteiger partial charge in [-0.3, -0.25) is 4.79 Å². The first-order valence-corrected chi connectivity index (χ1v) is 6.81. The second-order valence-corrected chi connectivity index (χ2v) is 5.24. The lowest BCUT2D eigenvalue weighted by molar-refractivity contribution is -0.122. The molecular formula is C14H23N3O. The summed E-state index contributed by atoms with van der Waals surface area (Å²) in [5.41, 5.74) is 6.76. The van der Waals surface area contributed by atoms with Crippen molar-refractivity contribution in [2.45, 2.75) is 44.7 Å². The van der Waals surface area contributed by atoms with E-state index in [0.29, 0.717) is 0 Å². The Hall–Kier alpha value is -1.29. The van der Waals surface area contributed by atoms with E-state index in [2.05, 4.69) is 16.0 Å². The maximum absolute atomic E-state index is 11.5. The Morgan fingerprint density at radius 1 is 1.44 bits per heavy atom. The van der Waals surface area contributed by atoms with Crippen LogP contribution in [0, 0.1) is 5.92 Å². The highest BCUT2D eigenvalue weighted by Crippen LogP contribution is 2.23. The first kappa shape index (κ1) is 13.1. The number of carbonyl (C=O) groups excluding carboxylic acids is 1. The maximum atomic E-state index is 11.5. The van der Waals surface area contributed by atoms with Gasteiger partial charge in [-0.2, -0.15) is 0 Å². The fourth-order valence-corrected chi connectivity index (χ4v) is 2.81. The molecule has 1 saturated carbocycles. The first-order chi connectivity index (χ1) is 8.68. The van der Waals surface area contributed by atoms with Crippen LogP contribution >= 0.6 is 0 Å². The Morgan fingerprint density at radius 3 is 2.89 bits per heavy atom. The van der Waals surface area contributed by atoms with Crippen LogP contribution in [0.25, 0.3) is 0 Å². The molecule has 3 N–H and O–H groups in total. The van der Waals surface area contributed by atoms with Crippen LogP contribution in [-0.2, 0) is 18.4 Å². The lowest BCUT2D eigenvalue weighted by Gasteiger charge is -2.23. The molecule has 0 radical (unpaired) electrons. The van der Waals surface area contributed by atoms with Crippen LogP contribution in [0.3, 0.4) is 0 Å². The van der Waals surface area contributed by atoms with Crippen molar-refractivity contribution in [3.05, 3.63) is 24.0 Å². The Balaban J connectivity index is 1.96. The minimum Gasteiger partial charge on any atom is -0.369 e. The molecule has 18 heavy (non-hydrogen) atoms. The van der Waals surface area contributed by atoms with Crippen LogP contribution < -0.4 is 11.1 Å². The number of primary amides is 1. The molecule has 2 atom stereocenters. The molecule has 4 nitrogen and oxygen atoms in total. The molecular weight excluding hydrogens is 226 g/mol. The molecule has 0 unspecified atom stereocenters. The fraction of sp³-hybridized carbons (Fsp3) is 0.643. The van der Waals surface area contributed by atoms with Crippen molar-refractivity contribution in [1.82, 2.24) is 9.88 Å². The third-order valence-electron chi connectivity index (χ3n) is 3.98. The predicted octanol–water partition coefficient (Wildman–Crippen LogP) is 1.55. The monoisotopic (exact) mass is 249 g/mol. The zero-order chi connectivity index (χ0) is 13.0. The summed E-state index contributed by atoms with van der Waals surface area (Å²) in [6, 6.07) is 4.37. The summed E-state index contributed by atoms with van der Waals surface area (Å²) >= 11 is 0. The molecule has 1 amide bonds.